The fourth-order valence-electron chi connectivity index (χ4n) is 4.61. The lowest BCUT2D eigenvalue weighted by Crippen LogP contribution is -2.46. The summed E-state index contributed by atoms with van der Waals surface area (Å²) in [5.74, 6) is 0.127. The van der Waals surface area contributed by atoms with Crippen LogP contribution in [0.15, 0.2) is 48.5 Å². The number of anilines is 1. The Balaban J connectivity index is 1.61. The zero-order valence-electron chi connectivity index (χ0n) is 17.5. The van der Waals surface area contributed by atoms with Crippen molar-refractivity contribution in [1.82, 2.24) is 4.90 Å². The van der Waals surface area contributed by atoms with Crippen molar-refractivity contribution in [3.63, 3.8) is 0 Å². The first-order chi connectivity index (χ1) is 14.6. The summed E-state index contributed by atoms with van der Waals surface area (Å²) < 4.78 is 12.9. The molecule has 2 fully saturated rings. The van der Waals surface area contributed by atoms with Crippen molar-refractivity contribution in [2.45, 2.75) is 50.9 Å². The van der Waals surface area contributed by atoms with E-state index < -0.39 is 6.29 Å². The Morgan fingerprint density at radius 3 is 2.57 bits per heavy atom. The highest BCUT2D eigenvalue weighted by Gasteiger charge is 2.40. The summed E-state index contributed by atoms with van der Waals surface area (Å²) in [4.78, 5) is 2.34. The predicted molar refractivity (Wildman–Crippen MR) is 116 cm³/mol. The predicted octanol–water partition coefficient (Wildman–Crippen LogP) is 3.01. The van der Waals surface area contributed by atoms with E-state index >= 15 is 0 Å². The molecule has 162 valence electrons. The van der Waals surface area contributed by atoms with Gasteiger partial charge in [-0.25, -0.2) is 0 Å². The molecule has 0 amide bonds. The second kappa shape index (κ2) is 9.45. The van der Waals surface area contributed by atoms with Crippen LogP contribution in [0.2, 0.25) is 0 Å². The standard InChI is InChI=1S/C24H32N2O4/c1-16-22(13-26-11-3-6-21(26)15-28)29-24(19-4-2-5-20(25)12-19)30-23(16)18-9-7-17(14-27)8-10-18/h2,4-5,7-10,12,16,21-24,27-28H,3,6,11,13-15,25H2,1H3. The topological polar surface area (TPSA) is 88.2 Å². The van der Waals surface area contributed by atoms with Gasteiger partial charge < -0.3 is 25.4 Å². The van der Waals surface area contributed by atoms with E-state index in [1.165, 1.54) is 0 Å². The summed E-state index contributed by atoms with van der Waals surface area (Å²) in [5, 5.41) is 19.1. The summed E-state index contributed by atoms with van der Waals surface area (Å²) >= 11 is 0. The Morgan fingerprint density at radius 1 is 1.07 bits per heavy atom. The molecule has 0 spiro atoms. The molecule has 2 aromatic rings. The highest BCUT2D eigenvalue weighted by atomic mass is 16.7. The maximum atomic E-state index is 9.73. The molecule has 0 radical (unpaired) electrons. The van der Waals surface area contributed by atoms with Crippen LogP contribution in [-0.4, -0.2) is 47.0 Å². The fraction of sp³-hybridized carbons (Fsp3) is 0.500. The normalized spacial score (nSPS) is 29.9. The van der Waals surface area contributed by atoms with Crippen molar-refractivity contribution in [2.24, 2.45) is 5.92 Å². The third-order valence-corrected chi connectivity index (χ3v) is 6.43. The number of benzene rings is 2. The maximum absolute atomic E-state index is 9.73. The van der Waals surface area contributed by atoms with Crippen LogP contribution in [-0.2, 0) is 16.1 Å². The number of hydrogen-bond acceptors (Lipinski definition) is 6. The lowest BCUT2D eigenvalue weighted by atomic mass is 9.90. The van der Waals surface area contributed by atoms with E-state index in [0.717, 1.165) is 42.6 Å². The molecule has 0 bridgehead atoms. The van der Waals surface area contributed by atoms with Crippen molar-refractivity contribution in [2.75, 3.05) is 25.4 Å². The SMILES string of the molecule is CC1C(CN2CCCC2CO)OC(c2cccc(N)c2)OC1c1ccc(CO)cc1. The molecule has 0 aromatic heterocycles. The first-order valence-corrected chi connectivity index (χ1v) is 10.8. The van der Waals surface area contributed by atoms with E-state index in [1.807, 2.05) is 48.5 Å². The molecule has 5 unspecified atom stereocenters. The zero-order valence-corrected chi connectivity index (χ0v) is 17.5. The van der Waals surface area contributed by atoms with Crippen LogP contribution < -0.4 is 5.73 Å². The van der Waals surface area contributed by atoms with Crippen LogP contribution in [0.5, 0.6) is 0 Å². The van der Waals surface area contributed by atoms with Crippen molar-refractivity contribution in [3.8, 4) is 0 Å². The van der Waals surface area contributed by atoms with Crippen LogP contribution in [0.1, 0.15) is 48.8 Å². The van der Waals surface area contributed by atoms with Crippen LogP contribution in [0.3, 0.4) is 0 Å². The third-order valence-electron chi connectivity index (χ3n) is 6.43. The van der Waals surface area contributed by atoms with Crippen molar-refractivity contribution < 1.29 is 19.7 Å². The molecule has 4 N–H and O–H groups in total. The number of nitrogens with zero attached hydrogens (tertiary/aromatic N) is 1. The number of ether oxygens (including phenoxy) is 2. The van der Waals surface area contributed by atoms with Crippen LogP contribution in [0, 0.1) is 5.92 Å². The average Bonchev–Trinajstić information content (AvgIpc) is 3.22. The lowest BCUT2D eigenvalue weighted by Gasteiger charge is -2.43. The smallest absolute Gasteiger partial charge is 0.185 e. The molecule has 2 aromatic carbocycles. The van der Waals surface area contributed by atoms with Crippen LogP contribution in [0.25, 0.3) is 0 Å². The van der Waals surface area contributed by atoms with Gasteiger partial charge in [0, 0.05) is 29.8 Å². The van der Waals surface area contributed by atoms with E-state index in [9.17, 15) is 10.2 Å². The Hall–Kier alpha value is -1.96. The highest BCUT2D eigenvalue weighted by molar-refractivity contribution is 5.41. The van der Waals surface area contributed by atoms with Gasteiger partial charge in [-0.2, -0.15) is 0 Å². The number of nitrogens with two attached hydrogens (primary N) is 1. The third kappa shape index (κ3) is 4.53. The van der Waals surface area contributed by atoms with Crippen molar-refractivity contribution in [1.29, 1.82) is 0 Å². The van der Waals surface area contributed by atoms with E-state index in [-0.39, 0.29) is 37.4 Å². The average molecular weight is 413 g/mol. The van der Waals surface area contributed by atoms with Crippen molar-refractivity contribution in [3.05, 3.63) is 65.2 Å². The molecule has 6 heteroatoms. The maximum Gasteiger partial charge on any atom is 0.185 e. The number of likely N-dealkylation sites (tertiary alicyclic amines) is 1. The molecule has 6 nitrogen and oxygen atoms in total. The largest absolute Gasteiger partial charge is 0.399 e. The van der Waals surface area contributed by atoms with E-state index in [4.69, 9.17) is 15.2 Å². The van der Waals surface area contributed by atoms with Gasteiger partial charge in [-0.05, 0) is 42.6 Å². The summed E-state index contributed by atoms with van der Waals surface area (Å²) in [6, 6.07) is 15.8. The van der Waals surface area contributed by atoms with Gasteiger partial charge in [0.25, 0.3) is 0 Å². The highest BCUT2D eigenvalue weighted by Crippen LogP contribution is 2.42. The van der Waals surface area contributed by atoms with E-state index in [1.54, 1.807) is 0 Å². The second-order valence-corrected chi connectivity index (χ2v) is 8.47. The number of aliphatic hydroxyl groups is 2. The minimum absolute atomic E-state index is 0.0243. The van der Waals surface area contributed by atoms with E-state index in [0.29, 0.717) is 5.69 Å². The first-order valence-electron chi connectivity index (χ1n) is 10.8. The minimum Gasteiger partial charge on any atom is -0.399 e. The van der Waals surface area contributed by atoms with Crippen LogP contribution >= 0.6 is 0 Å². The Morgan fingerprint density at radius 2 is 1.87 bits per heavy atom. The molecule has 2 heterocycles. The molecular formula is C24H32N2O4. The molecule has 0 saturated carbocycles. The van der Waals surface area contributed by atoms with Gasteiger partial charge in [0.1, 0.15) is 0 Å². The molecular weight excluding hydrogens is 380 g/mol. The van der Waals surface area contributed by atoms with Gasteiger partial charge in [0.05, 0.1) is 25.4 Å². The number of nitrogen functional groups attached to an aromatic ring is 1. The van der Waals surface area contributed by atoms with Gasteiger partial charge in [-0.1, -0.05) is 43.3 Å². The monoisotopic (exact) mass is 412 g/mol. The zero-order chi connectivity index (χ0) is 21.1. The number of aliphatic hydroxyl groups excluding tert-OH is 2. The molecule has 30 heavy (non-hydrogen) atoms. The minimum atomic E-state index is -0.507. The number of hydrogen-bond donors (Lipinski definition) is 3. The van der Waals surface area contributed by atoms with Gasteiger partial charge >= 0.3 is 0 Å². The first kappa shape index (κ1) is 21.3. The number of rotatable bonds is 6. The van der Waals surface area contributed by atoms with Gasteiger partial charge in [-0.15, -0.1) is 0 Å². The molecule has 2 aliphatic heterocycles. The summed E-state index contributed by atoms with van der Waals surface area (Å²) in [6.07, 6.45) is 1.44. The summed E-state index contributed by atoms with van der Waals surface area (Å²) in [7, 11) is 0. The van der Waals surface area contributed by atoms with Crippen LogP contribution in [0.4, 0.5) is 5.69 Å². The molecule has 0 aliphatic carbocycles. The van der Waals surface area contributed by atoms with Gasteiger partial charge in [0.2, 0.25) is 0 Å². The van der Waals surface area contributed by atoms with E-state index in [2.05, 4.69) is 11.8 Å². The quantitative estimate of drug-likeness (QED) is 0.632. The molecule has 4 rings (SSSR count). The van der Waals surface area contributed by atoms with Crippen molar-refractivity contribution >= 4 is 5.69 Å². The Kier molecular flexibility index (Phi) is 6.71. The molecule has 2 aliphatic rings. The second-order valence-electron chi connectivity index (χ2n) is 8.47. The Labute approximate surface area is 178 Å². The van der Waals surface area contributed by atoms with Gasteiger partial charge in [-0.3, -0.25) is 4.90 Å². The van der Waals surface area contributed by atoms with Gasteiger partial charge in [0.15, 0.2) is 6.29 Å². The summed E-state index contributed by atoms with van der Waals surface area (Å²) in [5.41, 5.74) is 9.54. The molecule has 2 saturated heterocycles. The summed E-state index contributed by atoms with van der Waals surface area (Å²) in [6.45, 7) is 4.12. The lowest BCUT2D eigenvalue weighted by molar-refractivity contribution is -0.276. The Bertz CT molecular complexity index is 828. The molecule has 5 atom stereocenters. The fourth-order valence-corrected chi connectivity index (χ4v) is 4.61.